The maximum absolute atomic E-state index is 11.9. The van der Waals surface area contributed by atoms with E-state index in [2.05, 4.69) is 20.4 Å². The number of ether oxygens (including phenoxy) is 2. The molecular formula is C19H20N6O3S. The van der Waals surface area contributed by atoms with Crippen molar-refractivity contribution in [2.75, 3.05) is 7.11 Å². The van der Waals surface area contributed by atoms with E-state index >= 15 is 0 Å². The van der Waals surface area contributed by atoms with Crippen LogP contribution in [0.1, 0.15) is 29.8 Å². The van der Waals surface area contributed by atoms with Crippen LogP contribution in [-0.4, -0.2) is 43.9 Å². The lowest BCUT2D eigenvalue weighted by Crippen LogP contribution is -2.10. The van der Waals surface area contributed by atoms with E-state index in [1.54, 1.807) is 29.1 Å². The third kappa shape index (κ3) is 3.97. The van der Waals surface area contributed by atoms with Gasteiger partial charge in [-0.2, -0.15) is 14.9 Å². The molecule has 0 saturated heterocycles. The molecule has 0 spiro atoms. The first kappa shape index (κ1) is 19.1. The van der Waals surface area contributed by atoms with E-state index < -0.39 is 0 Å². The third-order valence-electron chi connectivity index (χ3n) is 4.46. The number of hydrogen-bond donors (Lipinski definition) is 1. The number of hydrogen-bond acceptors (Lipinski definition) is 7. The first-order valence-corrected chi connectivity index (χ1v) is 9.52. The number of carbonyl (C=O) groups is 1. The maximum atomic E-state index is 11.9. The van der Waals surface area contributed by atoms with Gasteiger partial charge in [-0.1, -0.05) is 0 Å². The molecule has 2 heterocycles. The Morgan fingerprint density at radius 3 is 2.76 bits per heavy atom. The second-order valence-electron chi connectivity index (χ2n) is 6.83. The van der Waals surface area contributed by atoms with Crippen LogP contribution in [-0.2, 0) is 4.79 Å². The lowest BCUT2D eigenvalue weighted by Gasteiger charge is -2.09. The molecule has 0 unspecified atom stereocenters. The smallest absolute Gasteiger partial charge is 0.314 e. The van der Waals surface area contributed by atoms with E-state index in [0.717, 1.165) is 29.8 Å². The van der Waals surface area contributed by atoms with Gasteiger partial charge in [0.2, 0.25) is 4.77 Å². The van der Waals surface area contributed by atoms with E-state index in [9.17, 15) is 4.79 Å². The van der Waals surface area contributed by atoms with Gasteiger partial charge in [0, 0.05) is 5.69 Å². The van der Waals surface area contributed by atoms with Gasteiger partial charge in [-0.15, -0.1) is 5.10 Å². The number of aromatic nitrogens is 5. The van der Waals surface area contributed by atoms with Gasteiger partial charge < -0.3 is 9.47 Å². The topological polar surface area (TPSA) is 99.3 Å². The highest BCUT2D eigenvalue weighted by Gasteiger charge is 2.32. The Hall–Kier alpha value is -3.27. The average molecular weight is 412 g/mol. The lowest BCUT2D eigenvalue weighted by molar-refractivity contribution is -0.135. The molecule has 1 aliphatic carbocycles. The largest absolute Gasteiger partial charge is 0.493 e. The number of methoxy groups -OCH3 is 1. The minimum atomic E-state index is -0.219. The Kier molecular flexibility index (Phi) is 5.01. The molecular weight excluding hydrogens is 392 g/mol. The number of H-pyrrole nitrogens is 1. The van der Waals surface area contributed by atoms with Gasteiger partial charge in [-0.05, 0) is 68.7 Å². The fourth-order valence-corrected chi connectivity index (χ4v) is 3.01. The second kappa shape index (κ2) is 7.63. The number of nitrogens with one attached hydrogen (secondary N) is 1. The number of esters is 1. The highest BCUT2D eigenvalue weighted by molar-refractivity contribution is 7.71. The number of aryl methyl sites for hydroxylation is 2. The monoisotopic (exact) mass is 412 g/mol. The Bertz CT molecular complexity index is 1160. The summed E-state index contributed by atoms with van der Waals surface area (Å²) in [5.74, 6) is 1.10. The molecule has 150 valence electrons. The summed E-state index contributed by atoms with van der Waals surface area (Å²) in [6, 6.07) is 7.16. The Labute approximate surface area is 172 Å². The van der Waals surface area contributed by atoms with Crippen molar-refractivity contribution in [2.45, 2.75) is 26.7 Å². The molecule has 1 fully saturated rings. The minimum Gasteiger partial charge on any atom is -0.493 e. The quantitative estimate of drug-likeness (QED) is 0.289. The molecule has 2 aromatic heterocycles. The van der Waals surface area contributed by atoms with Gasteiger partial charge in [-0.3, -0.25) is 4.79 Å². The fraction of sp³-hybridized carbons (Fsp3) is 0.316. The zero-order chi connectivity index (χ0) is 20.5. The van der Waals surface area contributed by atoms with Crippen LogP contribution < -0.4 is 9.47 Å². The molecule has 0 atom stereocenters. The predicted molar refractivity (Wildman–Crippen MR) is 108 cm³/mol. The van der Waals surface area contributed by atoms with Crippen LogP contribution in [0.25, 0.3) is 5.95 Å². The minimum absolute atomic E-state index is 0.0109. The van der Waals surface area contributed by atoms with E-state index in [-0.39, 0.29) is 11.9 Å². The Morgan fingerprint density at radius 1 is 1.31 bits per heavy atom. The molecule has 9 nitrogen and oxygen atoms in total. The summed E-state index contributed by atoms with van der Waals surface area (Å²) >= 11 is 5.29. The molecule has 10 heteroatoms. The van der Waals surface area contributed by atoms with Crippen LogP contribution in [0.5, 0.6) is 11.5 Å². The van der Waals surface area contributed by atoms with E-state index in [1.807, 2.05) is 19.9 Å². The molecule has 0 radical (unpaired) electrons. The first-order valence-electron chi connectivity index (χ1n) is 9.11. The third-order valence-corrected chi connectivity index (χ3v) is 4.73. The number of benzene rings is 1. The fourth-order valence-electron chi connectivity index (χ4n) is 2.84. The molecule has 1 aliphatic rings. The normalized spacial score (nSPS) is 13.8. The van der Waals surface area contributed by atoms with Crippen LogP contribution in [0, 0.1) is 24.5 Å². The molecule has 0 amide bonds. The van der Waals surface area contributed by atoms with Gasteiger partial charge >= 0.3 is 5.97 Å². The standard InChI is InChI=1S/C19H20N6O3S/c1-11-8-12(2)24(23-11)18-21-22-19(29)25(18)20-10-13-4-7-15(16(9-13)27-3)28-17(26)14-5-6-14/h4,7-10,14H,5-6H2,1-3H3,(H,22,29)/b20-10-. The molecule has 4 rings (SSSR count). The summed E-state index contributed by atoms with van der Waals surface area (Å²) in [4.78, 5) is 11.9. The number of aromatic amines is 1. The van der Waals surface area contributed by atoms with Crippen LogP contribution in [0.15, 0.2) is 29.4 Å². The van der Waals surface area contributed by atoms with Gasteiger partial charge in [0.1, 0.15) is 0 Å². The SMILES string of the molecule is COc1cc(/C=N\n2c(-n3nc(C)cc3C)n[nH]c2=S)ccc1OC(=O)C1CC1. The Morgan fingerprint density at radius 2 is 2.10 bits per heavy atom. The van der Waals surface area contributed by atoms with E-state index in [4.69, 9.17) is 21.7 Å². The van der Waals surface area contributed by atoms with Crippen LogP contribution >= 0.6 is 12.2 Å². The van der Waals surface area contributed by atoms with Crippen LogP contribution in [0.2, 0.25) is 0 Å². The predicted octanol–water partition coefficient (Wildman–Crippen LogP) is 2.95. The van der Waals surface area contributed by atoms with E-state index in [0.29, 0.717) is 22.2 Å². The van der Waals surface area contributed by atoms with Crippen molar-refractivity contribution < 1.29 is 14.3 Å². The van der Waals surface area contributed by atoms with Crippen molar-refractivity contribution in [3.63, 3.8) is 0 Å². The molecule has 0 bridgehead atoms. The van der Waals surface area contributed by atoms with Gasteiger partial charge in [0.15, 0.2) is 11.5 Å². The summed E-state index contributed by atoms with van der Waals surface area (Å²) < 4.78 is 14.3. The van der Waals surface area contributed by atoms with Crippen molar-refractivity contribution in [1.29, 1.82) is 0 Å². The number of rotatable bonds is 6. The lowest BCUT2D eigenvalue weighted by atomic mass is 10.2. The molecule has 1 N–H and O–H groups in total. The molecule has 29 heavy (non-hydrogen) atoms. The average Bonchev–Trinajstić information content (AvgIpc) is 3.42. The zero-order valence-electron chi connectivity index (χ0n) is 16.2. The summed E-state index contributed by atoms with van der Waals surface area (Å²) in [7, 11) is 1.53. The van der Waals surface area contributed by atoms with Crippen molar-refractivity contribution >= 4 is 24.4 Å². The van der Waals surface area contributed by atoms with Crippen LogP contribution in [0.3, 0.4) is 0 Å². The molecule has 1 aromatic carbocycles. The zero-order valence-corrected chi connectivity index (χ0v) is 17.1. The van der Waals surface area contributed by atoms with Crippen LogP contribution in [0.4, 0.5) is 0 Å². The summed E-state index contributed by atoms with van der Waals surface area (Å²) in [5, 5.41) is 15.8. The highest BCUT2D eigenvalue weighted by Crippen LogP contribution is 2.34. The number of nitrogens with zero attached hydrogens (tertiary/aromatic N) is 5. The van der Waals surface area contributed by atoms with E-state index in [1.165, 1.54) is 11.8 Å². The van der Waals surface area contributed by atoms with Crippen molar-refractivity contribution in [3.8, 4) is 17.4 Å². The van der Waals surface area contributed by atoms with Crippen molar-refractivity contribution in [3.05, 3.63) is 46.0 Å². The molecule has 1 saturated carbocycles. The first-order chi connectivity index (χ1) is 14.0. The molecule has 3 aromatic rings. The van der Waals surface area contributed by atoms with Crippen molar-refractivity contribution in [2.24, 2.45) is 11.0 Å². The Balaban J connectivity index is 1.61. The maximum Gasteiger partial charge on any atom is 0.314 e. The summed E-state index contributed by atoms with van der Waals surface area (Å²) in [5.41, 5.74) is 2.53. The second-order valence-corrected chi connectivity index (χ2v) is 7.22. The number of carbonyl (C=O) groups excluding carboxylic acids is 1. The van der Waals surface area contributed by atoms with Gasteiger partial charge in [0.05, 0.1) is 24.9 Å². The summed E-state index contributed by atoms with van der Waals surface area (Å²) in [6.07, 6.45) is 3.39. The van der Waals surface area contributed by atoms with Crippen molar-refractivity contribution in [1.82, 2.24) is 24.7 Å². The van der Waals surface area contributed by atoms with Gasteiger partial charge in [0.25, 0.3) is 5.95 Å². The van der Waals surface area contributed by atoms with Gasteiger partial charge in [-0.25, -0.2) is 9.78 Å². The highest BCUT2D eigenvalue weighted by atomic mass is 32.1. The molecule has 0 aliphatic heterocycles. The summed E-state index contributed by atoms with van der Waals surface area (Å²) in [6.45, 7) is 3.83.